The lowest BCUT2D eigenvalue weighted by molar-refractivity contribution is -0.120. The van der Waals surface area contributed by atoms with Gasteiger partial charge < -0.3 is 19.0 Å². The van der Waals surface area contributed by atoms with E-state index >= 15 is 0 Å². The third kappa shape index (κ3) is 5.64. The quantitative estimate of drug-likeness (QED) is 0.347. The Morgan fingerprint density at radius 2 is 1.88 bits per heavy atom. The van der Waals surface area contributed by atoms with Crippen molar-refractivity contribution in [1.82, 2.24) is 20.1 Å². The number of furan rings is 1. The smallest absolute Gasteiger partial charge is 0.233 e. The zero-order valence-electron chi connectivity index (χ0n) is 18.6. The van der Waals surface area contributed by atoms with Crippen LogP contribution in [0.15, 0.2) is 82.6 Å². The van der Waals surface area contributed by atoms with Gasteiger partial charge in [-0.15, -0.1) is 10.2 Å². The number of ether oxygens (including phenoxy) is 1. The minimum atomic E-state index is -0.356. The molecule has 0 radical (unpaired) electrons. The molecule has 0 bridgehead atoms. The summed E-state index contributed by atoms with van der Waals surface area (Å²) < 4.78 is 12.9. The molecule has 7 nitrogen and oxygen atoms in total. The number of nitrogens with one attached hydrogen (secondary N) is 1. The van der Waals surface area contributed by atoms with E-state index < -0.39 is 0 Å². The number of carbonyl (C=O) groups excluding carboxylic acids is 1. The van der Waals surface area contributed by atoms with Crippen LogP contribution in [0.4, 0.5) is 0 Å². The summed E-state index contributed by atoms with van der Waals surface area (Å²) in [5.74, 6) is 2.07. The van der Waals surface area contributed by atoms with Crippen molar-refractivity contribution in [3.63, 3.8) is 0 Å². The number of aryl methyl sites for hydroxylation is 1. The molecule has 0 aliphatic carbocycles. The number of aromatic nitrogens is 3. The van der Waals surface area contributed by atoms with Crippen molar-refractivity contribution in [2.45, 2.75) is 36.8 Å². The lowest BCUT2D eigenvalue weighted by Gasteiger charge is -2.14. The van der Waals surface area contributed by atoms with Crippen molar-refractivity contribution in [2.24, 2.45) is 0 Å². The van der Waals surface area contributed by atoms with Crippen molar-refractivity contribution in [3.05, 3.63) is 84.3 Å². The van der Waals surface area contributed by atoms with Crippen LogP contribution in [0.1, 0.15) is 18.2 Å². The minimum Gasteiger partial charge on any atom is -0.496 e. The standard InChI is InChI=1S/C25H26N4O3S/c1-18(24(30)26-17-20-11-8-16-32-20)33-25-28-27-23(21-12-6-7-13-22(21)31-2)29(25)15-14-19-9-4-3-5-10-19/h3-13,16,18H,14-15,17H2,1-2H3,(H,26,30). The van der Waals surface area contributed by atoms with Gasteiger partial charge in [0.05, 0.1) is 30.7 Å². The Morgan fingerprint density at radius 1 is 1.09 bits per heavy atom. The zero-order chi connectivity index (χ0) is 23.0. The molecular formula is C25H26N4O3S. The van der Waals surface area contributed by atoms with Crippen molar-refractivity contribution in [3.8, 4) is 17.1 Å². The SMILES string of the molecule is COc1ccccc1-c1nnc(SC(C)C(=O)NCc2ccco2)n1CCc1ccccc1. The van der Waals surface area contributed by atoms with Crippen LogP contribution >= 0.6 is 11.8 Å². The van der Waals surface area contributed by atoms with Crippen LogP contribution in [-0.2, 0) is 24.3 Å². The van der Waals surface area contributed by atoms with Gasteiger partial charge in [0.1, 0.15) is 11.5 Å². The van der Waals surface area contributed by atoms with E-state index in [0.29, 0.717) is 29.8 Å². The fraction of sp³-hybridized carbons (Fsp3) is 0.240. The maximum atomic E-state index is 12.7. The molecule has 2 aromatic carbocycles. The summed E-state index contributed by atoms with van der Waals surface area (Å²) >= 11 is 1.39. The van der Waals surface area contributed by atoms with E-state index in [0.717, 1.165) is 17.7 Å². The molecule has 0 aliphatic heterocycles. The molecule has 33 heavy (non-hydrogen) atoms. The number of amides is 1. The lowest BCUT2D eigenvalue weighted by atomic mass is 10.1. The van der Waals surface area contributed by atoms with E-state index in [9.17, 15) is 4.79 Å². The van der Waals surface area contributed by atoms with Gasteiger partial charge in [0.2, 0.25) is 5.91 Å². The van der Waals surface area contributed by atoms with Gasteiger partial charge in [-0.25, -0.2) is 0 Å². The number of benzene rings is 2. The number of nitrogens with zero attached hydrogens (tertiary/aromatic N) is 3. The van der Waals surface area contributed by atoms with E-state index in [1.54, 1.807) is 19.4 Å². The topological polar surface area (TPSA) is 82.2 Å². The highest BCUT2D eigenvalue weighted by atomic mass is 32.2. The van der Waals surface area contributed by atoms with Crippen LogP contribution in [-0.4, -0.2) is 33.0 Å². The van der Waals surface area contributed by atoms with Gasteiger partial charge >= 0.3 is 0 Å². The summed E-state index contributed by atoms with van der Waals surface area (Å²) in [6.45, 7) is 2.89. The first-order valence-corrected chi connectivity index (χ1v) is 11.6. The number of thioether (sulfide) groups is 1. The second kappa shape index (κ2) is 10.9. The van der Waals surface area contributed by atoms with Crippen LogP contribution < -0.4 is 10.1 Å². The van der Waals surface area contributed by atoms with Gasteiger partial charge in [-0.1, -0.05) is 54.2 Å². The van der Waals surface area contributed by atoms with Crippen LogP contribution in [0.3, 0.4) is 0 Å². The number of para-hydroxylation sites is 1. The fourth-order valence-corrected chi connectivity index (χ4v) is 4.33. The Labute approximate surface area is 197 Å². The molecule has 4 rings (SSSR count). The van der Waals surface area contributed by atoms with E-state index in [1.807, 2.05) is 55.5 Å². The van der Waals surface area contributed by atoms with Gasteiger partial charge in [-0.05, 0) is 43.2 Å². The van der Waals surface area contributed by atoms with Gasteiger partial charge in [0.25, 0.3) is 0 Å². The highest BCUT2D eigenvalue weighted by Crippen LogP contribution is 2.32. The van der Waals surface area contributed by atoms with Gasteiger partial charge in [0.15, 0.2) is 11.0 Å². The van der Waals surface area contributed by atoms with Crippen molar-refractivity contribution in [1.29, 1.82) is 0 Å². The third-order valence-corrected chi connectivity index (χ3v) is 6.28. The predicted octanol–water partition coefficient (Wildman–Crippen LogP) is 4.59. The number of methoxy groups -OCH3 is 1. The molecule has 0 fully saturated rings. The molecule has 1 N–H and O–H groups in total. The maximum absolute atomic E-state index is 12.7. The average molecular weight is 463 g/mol. The van der Waals surface area contributed by atoms with Crippen LogP contribution in [0.2, 0.25) is 0 Å². The molecule has 170 valence electrons. The summed E-state index contributed by atoms with van der Waals surface area (Å²) in [6, 6.07) is 21.7. The first-order valence-electron chi connectivity index (χ1n) is 10.7. The van der Waals surface area contributed by atoms with Crippen LogP contribution in [0.25, 0.3) is 11.4 Å². The predicted molar refractivity (Wildman–Crippen MR) is 128 cm³/mol. The van der Waals surface area contributed by atoms with E-state index in [4.69, 9.17) is 9.15 Å². The molecule has 1 atom stereocenters. The van der Waals surface area contributed by atoms with Crippen molar-refractivity contribution in [2.75, 3.05) is 7.11 Å². The van der Waals surface area contributed by atoms with E-state index in [1.165, 1.54) is 17.3 Å². The summed E-state index contributed by atoms with van der Waals surface area (Å²) in [5, 5.41) is 12.1. The first kappa shape index (κ1) is 22.7. The highest BCUT2D eigenvalue weighted by molar-refractivity contribution is 8.00. The molecule has 0 aliphatic rings. The summed E-state index contributed by atoms with van der Waals surface area (Å²) in [7, 11) is 1.64. The molecule has 0 saturated heterocycles. The Balaban J connectivity index is 1.56. The van der Waals surface area contributed by atoms with Crippen LogP contribution in [0.5, 0.6) is 5.75 Å². The molecular weight excluding hydrogens is 436 g/mol. The number of carbonyl (C=O) groups is 1. The summed E-state index contributed by atoms with van der Waals surface area (Å²) in [4.78, 5) is 12.7. The molecule has 1 amide bonds. The second-order valence-corrected chi connectivity index (χ2v) is 8.76. The molecule has 2 heterocycles. The Bertz CT molecular complexity index is 1180. The monoisotopic (exact) mass is 462 g/mol. The average Bonchev–Trinajstić information content (AvgIpc) is 3.52. The highest BCUT2D eigenvalue weighted by Gasteiger charge is 2.22. The maximum Gasteiger partial charge on any atom is 0.233 e. The Kier molecular flexibility index (Phi) is 7.47. The van der Waals surface area contributed by atoms with Gasteiger partial charge in [0, 0.05) is 6.54 Å². The number of hydrogen-bond acceptors (Lipinski definition) is 6. The van der Waals surface area contributed by atoms with Gasteiger partial charge in [-0.3, -0.25) is 4.79 Å². The normalized spacial score (nSPS) is 11.8. The Morgan fingerprint density at radius 3 is 2.64 bits per heavy atom. The molecule has 1 unspecified atom stereocenters. The Hall–Kier alpha value is -3.52. The van der Waals surface area contributed by atoms with E-state index in [-0.39, 0.29) is 11.2 Å². The lowest BCUT2D eigenvalue weighted by Crippen LogP contribution is -2.30. The minimum absolute atomic E-state index is 0.0900. The summed E-state index contributed by atoms with van der Waals surface area (Å²) in [5.41, 5.74) is 2.08. The zero-order valence-corrected chi connectivity index (χ0v) is 19.4. The van der Waals surface area contributed by atoms with E-state index in [2.05, 4.69) is 32.2 Å². The second-order valence-electron chi connectivity index (χ2n) is 7.45. The summed E-state index contributed by atoms with van der Waals surface area (Å²) in [6.07, 6.45) is 2.40. The van der Waals surface area contributed by atoms with Gasteiger partial charge in [-0.2, -0.15) is 0 Å². The molecule has 0 saturated carbocycles. The largest absolute Gasteiger partial charge is 0.496 e. The van der Waals surface area contributed by atoms with Crippen molar-refractivity contribution >= 4 is 17.7 Å². The van der Waals surface area contributed by atoms with Crippen molar-refractivity contribution < 1.29 is 13.9 Å². The van der Waals surface area contributed by atoms with Crippen LogP contribution in [0, 0.1) is 0 Å². The molecule has 4 aromatic rings. The molecule has 2 aromatic heterocycles. The first-order chi connectivity index (χ1) is 16.2. The fourth-order valence-electron chi connectivity index (χ4n) is 3.43. The molecule has 8 heteroatoms. The third-order valence-electron chi connectivity index (χ3n) is 5.20. The molecule has 0 spiro atoms. The number of hydrogen-bond donors (Lipinski definition) is 1. The number of rotatable bonds is 10.